The quantitative estimate of drug-likeness (QED) is 0.110. The fraction of sp³-hybridized carbons (Fsp3) is 0.351. The van der Waals surface area contributed by atoms with Crippen molar-refractivity contribution in [1.29, 1.82) is 0 Å². The van der Waals surface area contributed by atoms with Gasteiger partial charge >= 0.3 is 16.5 Å². The second-order valence-corrected chi connectivity index (χ2v) is 23.2. The molecule has 0 spiro atoms. The Kier molecular flexibility index (Phi) is 24.3. The Labute approximate surface area is 478 Å². The molecule has 0 unspecified atom stereocenters. The number of aryl methyl sites for hydroxylation is 2. The Morgan fingerprint density at radius 1 is 0.221 bits per heavy atom. The van der Waals surface area contributed by atoms with Gasteiger partial charge in [0.15, 0.2) is 0 Å². The van der Waals surface area contributed by atoms with Gasteiger partial charge in [-0.3, -0.25) is 0 Å². The molecule has 0 aliphatic carbocycles. The molecule has 8 aromatic rings. The summed E-state index contributed by atoms with van der Waals surface area (Å²) in [6.07, 6.45) is 0. The van der Waals surface area contributed by atoms with Crippen LogP contribution in [-0.2, 0) is 16.5 Å². The predicted octanol–water partition coefficient (Wildman–Crippen LogP) is 24.4. The van der Waals surface area contributed by atoms with Crippen molar-refractivity contribution in [2.45, 2.75) is 172 Å². The molecule has 0 saturated carbocycles. The molecule has 0 heterocycles. The van der Waals surface area contributed by atoms with Crippen molar-refractivity contribution in [1.82, 2.24) is 0 Å². The standard InChI is InChI=1S/2C30H38N.2C7H8.Ni/c2*1-18(2)22-12-9-13-23(19(3)4)28(22)26-16-11-17-27(30(26)31)29-24(20(5)6)14-10-15-25(29)21(7)8;2*1-7-5-3-2-4-6-7;/h2*9-21,31H,1-8H3;2*2-6H,1H3;/q2*-1;;;+2. The van der Waals surface area contributed by atoms with E-state index in [2.05, 4.69) is 258 Å². The maximum atomic E-state index is 9.37. The van der Waals surface area contributed by atoms with Crippen molar-refractivity contribution < 1.29 is 16.5 Å². The van der Waals surface area contributed by atoms with Crippen molar-refractivity contribution in [3.05, 3.63) is 237 Å². The minimum absolute atomic E-state index is 0. The van der Waals surface area contributed by atoms with E-state index in [0.29, 0.717) is 58.7 Å². The largest absolute Gasteiger partial charge is 2.00 e. The molecule has 77 heavy (non-hydrogen) atoms. The van der Waals surface area contributed by atoms with E-state index in [4.69, 9.17) is 0 Å². The van der Waals surface area contributed by atoms with Gasteiger partial charge in [0.1, 0.15) is 0 Å². The van der Waals surface area contributed by atoms with E-state index in [-0.39, 0.29) is 16.5 Å². The third kappa shape index (κ3) is 16.0. The Morgan fingerprint density at radius 2 is 0.377 bits per heavy atom. The summed E-state index contributed by atoms with van der Waals surface area (Å²) >= 11 is 0. The van der Waals surface area contributed by atoms with E-state index in [0.717, 1.165) is 22.3 Å². The molecule has 0 atom stereocenters. The molecular weight excluding hydrogens is 976 g/mol. The van der Waals surface area contributed by atoms with Gasteiger partial charge in [0.2, 0.25) is 0 Å². The van der Waals surface area contributed by atoms with Crippen molar-refractivity contribution in [2.75, 3.05) is 0 Å². The molecule has 408 valence electrons. The fourth-order valence-electron chi connectivity index (χ4n) is 10.5. The predicted molar refractivity (Wildman–Crippen MR) is 338 cm³/mol. The third-order valence-electron chi connectivity index (χ3n) is 14.6. The SMILES string of the molecule is CC(C)c1cccc(C(C)C)c1-c1cccc(-c2c(C(C)C)cccc2C(C)C)c1[NH-].CC(C)c1cccc(C(C)C)c1-c1cccc(-c2c(C(C)C)cccc2C(C)C)c1[NH-].Cc1ccccc1.Cc1ccccc1.[Ni+2]. The van der Waals surface area contributed by atoms with Crippen LogP contribution in [0.3, 0.4) is 0 Å². The first-order chi connectivity index (χ1) is 36.1. The fourth-order valence-corrected chi connectivity index (χ4v) is 10.5. The molecule has 0 aliphatic rings. The van der Waals surface area contributed by atoms with Crippen LogP contribution >= 0.6 is 0 Å². The summed E-state index contributed by atoms with van der Waals surface area (Å²) in [7, 11) is 0. The summed E-state index contributed by atoms with van der Waals surface area (Å²) in [5.41, 5.74) is 42.6. The number of hydrogen-bond donors (Lipinski definition) is 0. The minimum atomic E-state index is 0. The molecule has 0 aromatic heterocycles. The zero-order chi connectivity index (χ0) is 56.0. The maximum Gasteiger partial charge on any atom is 2.00 e. The van der Waals surface area contributed by atoms with Gasteiger partial charge in [0.05, 0.1) is 0 Å². The van der Waals surface area contributed by atoms with Crippen LogP contribution < -0.4 is 0 Å². The molecule has 8 rings (SSSR count). The summed E-state index contributed by atoms with van der Waals surface area (Å²) in [5, 5.41) is 0. The molecular formula is C74H92N2Ni. The van der Waals surface area contributed by atoms with E-state index >= 15 is 0 Å². The Bertz CT molecular complexity index is 2600. The maximum absolute atomic E-state index is 9.37. The second-order valence-electron chi connectivity index (χ2n) is 23.2. The van der Waals surface area contributed by atoms with Gasteiger partial charge in [-0.1, -0.05) is 292 Å². The van der Waals surface area contributed by atoms with Crippen LogP contribution in [0.25, 0.3) is 56.0 Å². The first-order valence-electron chi connectivity index (χ1n) is 28.3. The molecule has 0 radical (unpaired) electrons. The van der Waals surface area contributed by atoms with Gasteiger partial charge in [0.25, 0.3) is 0 Å². The molecule has 0 saturated heterocycles. The van der Waals surface area contributed by atoms with Crippen molar-refractivity contribution in [2.24, 2.45) is 0 Å². The summed E-state index contributed by atoms with van der Waals surface area (Å²) in [6.45, 7) is 40.2. The molecule has 0 bridgehead atoms. The molecule has 2 N–H and O–H groups in total. The van der Waals surface area contributed by atoms with Gasteiger partial charge < -0.3 is 11.5 Å². The van der Waals surface area contributed by atoms with Crippen LogP contribution in [0.4, 0.5) is 11.4 Å². The number of hydrogen-bond acceptors (Lipinski definition) is 0. The van der Waals surface area contributed by atoms with Crippen molar-refractivity contribution in [3.8, 4) is 44.5 Å². The molecule has 3 heteroatoms. The summed E-state index contributed by atoms with van der Waals surface area (Å²) in [5.74, 6) is 3.27. The van der Waals surface area contributed by atoms with Gasteiger partial charge in [0, 0.05) is 0 Å². The molecule has 2 nitrogen and oxygen atoms in total. The van der Waals surface area contributed by atoms with Crippen molar-refractivity contribution in [3.63, 3.8) is 0 Å². The smallest absolute Gasteiger partial charge is 0.698 e. The zero-order valence-corrected chi connectivity index (χ0v) is 51.1. The minimum Gasteiger partial charge on any atom is -0.698 e. The van der Waals surface area contributed by atoms with Crippen LogP contribution in [0.2, 0.25) is 0 Å². The molecule has 0 amide bonds. The van der Waals surface area contributed by atoms with E-state index in [1.54, 1.807) is 0 Å². The average Bonchev–Trinajstić information content (AvgIpc) is 3.38. The van der Waals surface area contributed by atoms with E-state index in [1.807, 2.05) is 36.4 Å². The molecule has 0 aliphatic heterocycles. The van der Waals surface area contributed by atoms with Crippen molar-refractivity contribution >= 4 is 11.4 Å². The Balaban J connectivity index is 0.000000262. The van der Waals surface area contributed by atoms with Crippen LogP contribution in [0.5, 0.6) is 0 Å². The topological polar surface area (TPSA) is 47.6 Å². The van der Waals surface area contributed by atoms with E-state index in [1.165, 1.54) is 77.9 Å². The third-order valence-corrected chi connectivity index (χ3v) is 14.6. The second kappa shape index (κ2) is 29.6. The van der Waals surface area contributed by atoms with Gasteiger partial charge in [-0.2, -0.15) is 0 Å². The monoisotopic (exact) mass is 1070 g/mol. The average molecular weight is 1070 g/mol. The first kappa shape index (κ1) is 63.4. The van der Waals surface area contributed by atoms with Gasteiger partial charge in [-0.25, -0.2) is 0 Å². The Morgan fingerprint density at radius 3 is 0.506 bits per heavy atom. The van der Waals surface area contributed by atoms with Crippen LogP contribution in [0.1, 0.15) is 214 Å². The molecule has 8 aromatic carbocycles. The van der Waals surface area contributed by atoms with Crippen LogP contribution in [0, 0.1) is 13.8 Å². The number of benzene rings is 8. The number of rotatable bonds is 12. The Hall–Kier alpha value is -6.15. The van der Waals surface area contributed by atoms with E-state index in [9.17, 15) is 11.5 Å². The van der Waals surface area contributed by atoms with E-state index < -0.39 is 0 Å². The van der Waals surface area contributed by atoms with Gasteiger partial charge in [-0.15, -0.1) is 11.4 Å². The summed E-state index contributed by atoms with van der Waals surface area (Å²) in [6, 6.07) is 60.0. The normalized spacial score (nSPS) is 11.1. The van der Waals surface area contributed by atoms with Crippen LogP contribution in [-0.4, -0.2) is 0 Å². The number of nitrogens with one attached hydrogen (secondary N) is 2. The van der Waals surface area contributed by atoms with Gasteiger partial charge in [-0.05, 0) is 150 Å². The zero-order valence-electron chi connectivity index (χ0n) is 50.1. The first-order valence-corrected chi connectivity index (χ1v) is 28.3. The summed E-state index contributed by atoms with van der Waals surface area (Å²) in [4.78, 5) is 0. The van der Waals surface area contributed by atoms with Crippen LogP contribution in [0.15, 0.2) is 170 Å². The summed E-state index contributed by atoms with van der Waals surface area (Å²) < 4.78 is 0. The molecule has 0 fully saturated rings.